The Morgan fingerprint density at radius 3 is 2.12 bits per heavy atom. The third-order valence-corrected chi connectivity index (χ3v) is 8.89. The van der Waals surface area contributed by atoms with Gasteiger partial charge in [0.1, 0.15) is 12.3 Å². The van der Waals surface area contributed by atoms with Crippen LogP contribution in [0.4, 0.5) is 0 Å². The third-order valence-electron chi connectivity index (χ3n) is 8.89. The van der Waals surface area contributed by atoms with Crippen molar-refractivity contribution in [2.24, 2.45) is 17.3 Å². The zero-order valence-electron chi connectivity index (χ0n) is 25.8. The van der Waals surface area contributed by atoms with E-state index in [-0.39, 0.29) is 31.1 Å². The molecular weight excluding hydrogens is 536 g/mol. The fourth-order valence-electron chi connectivity index (χ4n) is 5.94. The van der Waals surface area contributed by atoms with Gasteiger partial charge in [0.05, 0.1) is 5.41 Å². The van der Waals surface area contributed by atoms with Gasteiger partial charge in [-0.25, -0.2) is 0 Å². The highest BCUT2D eigenvalue weighted by Gasteiger charge is 2.38. The van der Waals surface area contributed by atoms with Crippen LogP contribution in [0.2, 0.25) is 0 Å². The van der Waals surface area contributed by atoms with E-state index in [0.717, 1.165) is 48.6 Å². The molecule has 0 radical (unpaired) electrons. The first-order chi connectivity index (χ1) is 20.9. The Morgan fingerprint density at radius 1 is 0.837 bits per heavy atom. The Morgan fingerprint density at radius 2 is 1.42 bits per heavy atom. The normalized spacial score (nSPS) is 23.6. The van der Waals surface area contributed by atoms with Crippen LogP contribution in [0.25, 0.3) is 12.2 Å². The Kier molecular flexibility index (Phi) is 13.1. The van der Waals surface area contributed by atoms with Crippen molar-refractivity contribution in [3.63, 3.8) is 0 Å². The second kappa shape index (κ2) is 17.2. The fourth-order valence-corrected chi connectivity index (χ4v) is 5.94. The molecule has 0 bridgehead atoms. The molecule has 2 saturated carbocycles. The van der Waals surface area contributed by atoms with Crippen molar-refractivity contribution in [3.05, 3.63) is 83.9 Å². The number of hydrogen-bond acceptors (Lipinski definition) is 5. The Bertz CT molecular complexity index is 1180. The van der Waals surface area contributed by atoms with Gasteiger partial charge >= 0.3 is 5.97 Å². The molecule has 2 aliphatic rings. The molecular formula is C37H50N2O4. The molecule has 2 aliphatic carbocycles. The van der Waals surface area contributed by atoms with Crippen molar-refractivity contribution in [1.82, 2.24) is 10.6 Å². The standard InChI is InChI=1S/C37H50N2O4/c1-37(27-38-34(40)24-22-29-14-7-5-8-15-29,28-39-35(41)25-23-30-16-9-6-10-17-30)36(42)43-33-20-12-4-2-3-11-18-31-26-32(31)19-13-21-33/h5-10,14-17,22-25,31-34,38,40H,2-4,11-13,18-21,26-28H2,1H3,(H,39,41)/b24-22+,25-23+. The maximum atomic E-state index is 13.8. The molecule has 6 heteroatoms. The van der Waals surface area contributed by atoms with Crippen molar-refractivity contribution in [3.8, 4) is 0 Å². The molecule has 232 valence electrons. The van der Waals surface area contributed by atoms with Crippen LogP contribution in [-0.2, 0) is 14.3 Å². The number of hydrogen-bond donors (Lipinski definition) is 3. The summed E-state index contributed by atoms with van der Waals surface area (Å²) in [5.41, 5.74) is 0.824. The molecule has 0 aromatic heterocycles. The summed E-state index contributed by atoms with van der Waals surface area (Å²) >= 11 is 0. The molecule has 3 N–H and O–H groups in total. The van der Waals surface area contributed by atoms with Crippen LogP contribution in [-0.4, -0.2) is 42.4 Å². The summed E-state index contributed by atoms with van der Waals surface area (Å²) in [5.74, 6) is 1.15. The lowest BCUT2D eigenvalue weighted by Gasteiger charge is -2.31. The van der Waals surface area contributed by atoms with Crippen LogP contribution in [0.15, 0.2) is 72.8 Å². The average molecular weight is 587 g/mol. The minimum Gasteiger partial charge on any atom is -0.462 e. The highest BCUT2D eigenvalue weighted by Crippen LogP contribution is 2.46. The summed E-state index contributed by atoms with van der Waals surface area (Å²) in [7, 11) is 0. The minimum absolute atomic E-state index is 0.0857. The van der Waals surface area contributed by atoms with Gasteiger partial charge in [-0.2, -0.15) is 0 Å². The fraction of sp³-hybridized carbons (Fsp3) is 0.514. The van der Waals surface area contributed by atoms with Gasteiger partial charge in [-0.15, -0.1) is 0 Å². The first-order valence-corrected chi connectivity index (χ1v) is 16.3. The molecule has 5 atom stereocenters. The van der Waals surface area contributed by atoms with Gasteiger partial charge in [0.25, 0.3) is 0 Å². The van der Waals surface area contributed by atoms with Crippen LogP contribution in [0.5, 0.6) is 0 Å². The molecule has 4 rings (SSSR count). The van der Waals surface area contributed by atoms with Gasteiger partial charge in [0.2, 0.25) is 5.91 Å². The first-order valence-electron chi connectivity index (χ1n) is 16.3. The molecule has 6 nitrogen and oxygen atoms in total. The van der Waals surface area contributed by atoms with E-state index in [4.69, 9.17) is 4.74 Å². The molecule has 5 unspecified atom stereocenters. The van der Waals surface area contributed by atoms with Crippen LogP contribution in [0.1, 0.15) is 88.7 Å². The predicted molar refractivity (Wildman–Crippen MR) is 174 cm³/mol. The second-order valence-electron chi connectivity index (χ2n) is 12.7. The zero-order valence-corrected chi connectivity index (χ0v) is 25.8. The Labute approximate surface area is 258 Å². The molecule has 0 heterocycles. The second-order valence-corrected chi connectivity index (χ2v) is 12.7. The lowest BCUT2D eigenvalue weighted by Crippen LogP contribution is -2.50. The molecule has 0 spiro atoms. The maximum Gasteiger partial charge on any atom is 0.315 e. The van der Waals surface area contributed by atoms with Crippen molar-refractivity contribution >= 4 is 24.0 Å². The highest BCUT2D eigenvalue weighted by atomic mass is 16.5. The number of esters is 1. The van der Waals surface area contributed by atoms with Gasteiger partial charge in [0.15, 0.2) is 0 Å². The van der Waals surface area contributed by atoms with E-state index in [9.17, 15) is 14.7 Å². The number of carbonyl (C=O) groups is 2. The first kappa shape index (κ1) is 32.7. The number of amides is 1. The van der Waals surface area contributed by atoms with E-state index >= 15 is 0 Å². The number of fused-ring (bicyclic) bond motifs is 1. The van der Waals surface area contributed by atoms with Crippen molar-refractivity contribution in [2.75, 3.05) is 13.1 Å². The van der Waals surface area contributed by atoms with Crippen molar-refractivity contribution in [1.29, 1.82) is 0 Å². The largest absolute Gasteiger partial charge is 0.462 e. The van der Waals surface area contributed by atoms with E-state index in [0.29, 0.717) is 0 Å². The Hall–Kier alpha value is -3.22. The van der Waals surface area contributed by atoms with Crippen LogP contribution in [0, 0.1) is 17.3 Å². The predicted octanol–water partition coefficient (Wildman–Crippen LogP) is 6.91. The minimum atomic E-state index is -1.07. The lowest BCUT2D eigenvalue weighted by atomic mass is 9.90. The monoisotopic (exact) mass is 586 g/mol. The summed E-state index contributed by atoms with van der Waals surface area (Å²) < 4.78 is 6.22. The zero-order chi connectivity index (χ0) is 30.3. The summed E-state index contributed by atoms with van der Waals surface area (Å²) in [5, 5.41) is 16.6. The number of benzene rings is 2. The maximum absolute atomic E-state index is 13.8. The van der Waals surface area contributed by atoms with E-state index in [1.807, 2.05) is 66.7 Å². The van der Waals surface area contributed by atoms with Gasteiger partial charge < -0.3 is 15.2 Å². The number of aliphatic hydroxyl groups is 1. The van der Waals surface area contributed by atoms with Crippen LogP contribution < -0.4 is 10.6 Å². The van der Waals surface area contributed by atoms with Crippen molar-refractivity contribution in [2.45, 2.75) is 89.9 Å². The number of carbonyl (C=O) groups excluding carboxylic acids is 2. The number of nitrogens with one attached hydrogen (secondary N) is 2. The molecule has 2 aromatic rings. The number of rotatable bonds is 11. The lowest BCUT2D eigenvalue weighted by molar-refractivity contribution is -0.161. The molecule has 43 heavy (non-hydrogen) atoms. The van der Waals surface area contributed by atoms with E-state index in [1.165, 1.54) is 51.0 Å². The van der Waals surface area contributed by atoms with Gasteiger partial charge in [-0.3, -0.25) is 14.9 Å². The van der Waals surface area contributed by atoms with Crippen LogP contribution in [0.3, 0.4) is 0 Å². The Balaban J connectivity index is 1.38. The third kappa shape index (κ3) is 11.8. The summed E-state index contributed by atoms with van der Waals surface area (Å²) in [6.07, 6.45) is 18.6. The van der Waals surface area contributed by atoms with Gasteiger partial charge in [-0.1, -0.05) is 105 Å². The van der Waals surface area contributed by atoms with E-state index in [1.54, 1.807) is 19.1 Å². The molecule has 0 aliphatic heterocycles. The quantitative estimate of drug-likeness (QED) is 0.151. The summed E-state index contributed by atoms with van der Waals surface area (Å²) in [4.78, 5) is 26.5. The number of aliphatic hydroxyl groups excluding tert-OH is 1. The smallest absolute Gasteiger partial charge is 0.315 e. The topological polar surface area (TPSA) is 87.7 Å². The molecule has 0 saturated heterocycles. The van der Waals surface area contributed by atoms with E-state index < -0.39 is 11.6 Å². The average Bonchev–Trinajstić information content (AvgIpc) is 3.78. The molecule has 2 aromatic carbocycles. The summed E-state index contributed by atoms with van der Waals surface area (Å²) in [6.45, 7) is 2.03. The SMILES string of the molecule is CC(CNC(=O)/C=C/c1ccccc1)(CNC(O)/C=C/c1ccccc1)C(=O)OC1CCCCCCCC2CC2CCC1. The highest BCUT2D eigenvalue weighted by molar-refractivity contribution is 5.92. The summed E-state index contributed by atoms with van der Waals surface area (Å²) in [6, 6.07) is 19.3. The number of ether oxygens (including phenoxy) is 1. The molecule has 1 amide bonds. The van der Waals surface area contributed by atoms with E-state index in [2.05, 4.69) is 10.6 Å². The van der Waals surface area contributed by atoms with Gasteiger partial charge in [0, 0.05) is 19.2 Å². The van der Waals surface area contributed by atoms with Crippen LogP contribution >= 0.6 is 0 Å². The molecule has 2 fully saturated rings. The van der Waals surface area contributed by atoms with Crippen molar-refractivity contribution < 1.29 is 19.4 Å². The van der Waals surface area contributed by atoms with Gasteiger partial charge in [-0.05, 0) is 74.1 Å².